The standard InChI is InChI=1S/C14H16O3/c1-4-6-9-17-13-10-11(5-2)7-8-12(13)14(15)16-3/h2,7-8,10H,4,6,9H2,1,3H3. The summed E-state index contributed by atoms with van der Waals surface area (Å²) in [4.78, 5) is 11.5. The smallest absolute Gasteiger partial charge is 0.341 e. The van der Waals surface area contributed by atoms with Gasteiger partial charge in [-0.1, -0.05) is 19.3 Å². The number of unbranched alkanes of at least 4 members (excludes halogenated alkanes) is 1. The van der Waals surface area contributed by atoms with E-state index >= 15 is 0 Å². The number of hydrogen-bond acceptors (Lipinski definition) is 3. The maximum absolute atomic E-state index is 11.5. The molecular formula is C14H16O3. The van der Waals surface area contributed by atoms with Gasteiger partial charge in [0.05, 0.1) is 13.7 Å². The monoisotopic (exact) mass is 232 g/mol. The highest BCUT2D eigenvalue weighted by Gasteiger charge is 2.13. The summed E-state index contributed by atoms with van der Waals surface area (Å²) >= 11 is 0. The van der Waals surface area contributed by atoms with Crippen LogP contribution in [0.2, 0.25) is 0 Å². The lowest BCUT2D eigenvalue weighted by atomic mass is 10.1. The molecule has 1 rings (SSSR count). The predicted octanol–water partition coefficient (Wildman–Crippen LogP) is 2.63. The van der Waals surface area contributed by atoms with Gasteiger partial charge in [0.2, 0.25) is 0 Å². The Kier molecular flexibility index (Phi) is 5.09. The highest BCUT2D eigenvalue weighted by Crippen LogP contribution is 2.21. The number of esters is 1. The van der Waals surface area contributed by atoms with Crippen molar-refractivity contribution in [3.05, 3.63) is 29.3 Å². The first-order chi connectivity index (χ1) is 8.22. The van der Waals surface area contributed by atoms with Crippen molar-refractivity contribution in [1.29, 1.82) is 0 Å². The van der Waals surface area contributed by atoms with E-state index in [1.807, 2.05) is 0 Å². The molecule has 0 unspecified atom stereocenters. The molecule has 0 aliphatic heterocycles. The van der Waals surface area contributed by atoms with Crippen molar-refractivity contribution in [2.24, 2.45) is 0 Å². The molecule has 0 N–H and O–H groups in total. The Hall–Kier alpha value is -1.95. The maximum Gasteiger partial charge on any atom is 0.341 e. The fourth-order valence-corrected chi connectivity index (χ4v) is 1.34. The Bertz CT molecular complexity index is 430. The average molecular weight is 232 g/mol. The van der Waals surface area contributed by atoms with Crippen LogP contribution < -0.4 is 4.74 Å². The summed E-state index contributed by atoms with van der Waals surface area (Å²) in [5.41, 5.74) is 1.09. The maximum atomic E-state index is 11.5. The molecule has 0 amide bonds. The zero-order valence-electron chi connectivity index (χ0n) is 10.2. The van der Waals surface area contributed by atoms with Crippen LogP contribution in [0.3, 0.4) is 0 Å². The van der Waals surface area contributed by atoms with Crippen LogP contribution in [-0.2, 0) is 4.74 Å². The second kappa shape index (κ2) is 6.59. The quantitative estimate of drug-likeness (QED) is 0.445. The molecule has 1 aromatic rings. The molecule has 3 heteroatoms. The summed E-state index contributed by atoms with van der Waals surface area (Å²) in [5.74, 6) is 2.58. The molecule has 0 bridgehead atoms. The molecule has 0 saturated heterocycles. The summed E-state index contributed by atoms with van der Waals surface area (Å²) in [6.07, 6.45) is 7.27. The van der Waals surface area contributed by atoms with E-state index in [4.69, 9.17) is 11.2 Å². The Balaban J connectivity index is 2.95. The molecule has 0 aliphatic carbocycles. The number of terminal acetylenes is 1. The van der Waals surface area contributed by atoms with Crippen molar-refractivity contribution >= 4 is 5.97 Å². The number of carbonyl (C=O) groups excluding carboxylic acids is 1. The van der Waals surface area contributed by atoms with Gasteiger partial charge in [0.1, 0.15) is 11.3 Å². The summed E-state index contributed by atoms with van der Waals surface area (Å²) in [7, 11) is 1.34. The van der Waals surface area contributed by atoms with Crippen LogP contribution in [0.1, 0.15) is 35.7 Å². The first kappa shape index (κ1) is 13.1. The molecule has 0 spiro atoms. The van der Waals surface area contributed by atoms with Crippen LogP contribution in [0.25, 0.3) is 0 Å². The van der Waals surface area contributed by atoms with Crippen molar-refractivity contribution in [2.75, 3.05) is 13.7 Å². The summed E-state index contributed by atoms with van der Waals surface area (Å²) in [6.45, 7) is 2.64. The Labute approximate surface area is 102 Å². The number of ether oxygens (including phenoxy) is 2. The topological polar surface area (TPSA) is 35.5 Å². The zero-order valence-corrected chi connectivity index (χ0v) is 10.2. The average Bonchev–Trinajstić information content (AvgIpc) is 2.38. The molecule has 0 radical (unpaired) electrons. The van der Waals surface area contributed by atoms with E-state index in [1.165, 1.54) is 7.11 Å². The van der Waals surface area contributed by atoms with E-state index in [-0.39, 0.29) is 0 Å². The highest BCUT2D eigenvalue weighted by molar-refractivity contribution is 5.92. The van der Waals surface area contributed by atoms with E-state index in [0.29, 0.717) is 23.5 Å². The van der Waals surface area contributed by atoms with Crippen LogP contribution in [0.15, 0.2) is 18.2 Å². The third-order valence-corrected chi connectivity index (χ3v) is 2.31. The SMILES string of the molecule is C#Cc1ccc(C(=O)OC)c(OCCCC)c1. The Morgan fingerprint density at radius 3 is 2.82 bits per heavy atom. The number of methoxy groups -OCH3 is 1. The molecule has 0 heterocycles. The Morgan fingerprint density at radius 2 is 2.24 bits per heavy atom. The number of carbonyl (C=O) groups is 1. The number of rotatable bonds is 5. The fraction of sp³-hybridized carbons (Fsp3) is 0.357. The van der Waals surface area contributed by atoms with E-state index in [0.717, 1.165) is 12.8 Å². The van der Waals surface area contributed by atoms with Crippen molar-refractivity contribution in [3.8, 4) is 18.1 Å². The third-order valence-electron chi connectivity index (χ3n) is 2.31. The second-order valence-corrected chi connectivity index (χ2v) is 3.55. The molecule has 1 aromatic carbocycles. The van der Waals surface area contributed by atoms with Gasteiger partial charge in [-0.3, -0.25) is 0 Å². The van der Waals surface area contributed by atoms with Gasteiger partial charge in [-0.2, -0.15) is 0 Å². The van der Waals surface area contributed by atoms with Gasteiger partial charge in [0.15, 0.2) is 0 Å². The minimum Gasteiger partial charge on any atom is -0.493 e. The van der Waals surface area contributed by atoms with Gasteiger partial charge in [-0.05, 0) is 24.6 Å². The largest absolute Gasteiger partial charge is 0.493 e. The lowest BCUT2D eigenvalue weighted by molar-refractivity contribution is 0.0596. The van der Waals surface area contributed by atoms with Crippen LogP contribution in [0.5, 0.6) is 5.75 Å². The predicted molar refractivity (Wildman–Crippen MR) is 66.1 cm³/mol. The molecule has 17 heavy (non-hydrogen) atoms. The fourth-order valence-electron chi connectivity index (χ4n) is 1.34. The molecule has 0 fully saturated rings. The van der Waals surface area contributed by atoms with E-state index in [9.17, 15) is 4.79 Å². The van der Waals surface area contributed by atoms with E-state index in [2.05, 4.69) is 17.6 Å². The van der Waals surface area contributed by atoms with E-state index < -0.39 is 5.97 Å². The van der Waals surface area contributed by atoms with Gasteiger partial charge in [-0.15, -0.1) is 6.42 Å². The first-order valence-electron chi connectivity index (χ1n) is 5.54. The molecule has 90 valence electrons. The van der Waals surface area contributed by atoms with Gasteiger partial charge in [0.25, 0.3) is 0 Å². The van der Waals surface area contributed by atoms with Crippen molar-refractivity contribution in [3.63, 3.8) is 0 Å². The molecule has 0 saturated carbocycles. The van der Waals surface area contributed by atoms with Crippen molar-refractivity contribution in [2.45, 2.75) is 19.8 Å². The summed E-state index contributed by atoms with van der Waals surface area (Å²) in [5, 5.41) is 0. The summed E-state index contributed by atoms with van der Waals surface area (Å²) < 4.78 is 10.2. The normalized spacial score (nSPS) is 9.47. The highest BCUT2D eigenvalue weighted by atomic mass is 16.5. The van der Waals surface area contributed by atoms with Gasteiger partial charge < -0.3 is 9.47 Å². The Morgan fingerprint density at radius 1 is 1.47 bits per heavy atom. The lowest BCUT2D eigenvalue weighted by Crippen LogP contribution is -2.07. The van der Waals surface area contributed by atoms with Gasteiger partial charge in [-0.25, -0.2) is 4.79 Å². The van der Waals surface area contributed by atoms with Crippen LogP contribution in [-0.4, -0.2) is 19.7 Å². The molecule has 0 atom stereocenters. The zero-order chi connectivity index (χ0) is 12.7. The molecule has 3 nitrogen and oxygen atoms in total. The minimum absolute atomic E-state index is 0.405. The van der Waals surface area contributed by atoms with E-state index in [1.54, 1.807) is 18.2 Å². The second-order valence-electron chi connectivity index (χ2n) is 3.55. The number of benzene rings is 1. The first-order valence-corrected chi connectivity index (χ1v) is 5.54. The lowest BCUT2D eigenvalue weighted by Gasteiger charge is -2.10. The third kappa shape index (κ3) is 3.53. The van der Waals surface area contributed by atoms with Gasteiger partial charge >= 0.3 is 5.97 Å². The van der Waals surface area contributed by atoms with Crippen molar-refractivity contribution < 1.29 is 14.3 Å². The van der Waals surface area contributed by atoms with Crippen LogP contribution in [0, 0.1) is 12.3 Å². The van der Waals surface area contributed by atoms with Crippen LogP contribution >= 0.6 is 0 Å². The van der Waals surface area contributed by atoms with Crippen LogP contribution in [0.4, 0.5) is 0 Å². The molecule has 0 aromatic heterocycles. The van der Waals surface area contributed by atoms with Gasteiger partial charge in [0, 0.05) is 5.56 Å². The molecular weight excluding hydrogens is 216 g/mol. The summed E-state index contributed by atoms with van der Waals surface area (Å²) in [6, 6.07) is 5.00. The number of hydrogen-bond donors (Lipinski definition) is 0. The van der Waals surface area contributed by atoms with Crippen molar-refractivity contribution in [1.82, 2.24) is 0 Å². The molecule has 0 aliphatic rings. The minimum atomic E-state index is -0.417.